The standard InChI is InChI=1S/C38H20N4O/c39-21-23-12-16-34-31(18-23)27-8-1-3-10-33(27)41(34)25-6-5-7-26(20-25)42-35-17-13-24(22-40)19-32(35)29-14-15-30-28-9-2-4-11-36(28)43-38(30)37(29)42/h1-20H. The third kappa shape index (κ3) is 3.19. The van der Waals surface area contributed by atoms with Crippen LogP contribution in [-0.2, 0) is 0 Å². The molecule has 0 saturated heterocycles. The summed E-state index contributed by atoms with van der Waals surface area (Å²) >= 11 is 0. The normalized spacial score (nSPS) is 11.7. The van der Waals surface area contributed by atoms with Gasteiger partial charge in [-0.1, -0.05) is 48.5 Å². The molecule has 0 fully saturated rings. The van der Waals surface area contributed by atoms with Gasteiger partial charge in [-0.15, -0.1) is 0 Å². The summed E-state index contributed by atoms with van der Waals surface area (Å²) in [6.07, 6.45) is 0. The molecule has 6 aromatic carbocycles. The zero-order valence-corrected chi connectivity index (χ0v) is 22.7. The first kappa shape index (κ1) is 23.4. The van der Waals surface area contributed by atoms with Crippen LogP contribution in [0.5, 0.6) is 0 Å². The van der Waals surface area contributed by atoms with Crippen molar-refractivity contribution in [2.24, 2.45) is 0 Å². The Hall–Kier alpha value is -6.30. The van der Waals surface area contributed by atoms with Crippen LogP contribution in [0.2, 0.25) is 0 Å². The average Bonchev–Trinajstić information content (AvgIpc) is 3.72. The molecule has 198 valence electrons. The minimum Gasteiger partial charge on any atom is -0.454 e. The second kappa shape index (κ2) is 8.60. The Morgan fingerprint density at radius 2 is 1.07 bits per heavy atom. The summed E-state index contributed by atoms with van der Waals surface area (Å²) in [6, 6.07) is 45.5. The Balaban J connectivity index is 1.39. The van der Waals surface area contributed by atoms with E-state index in [-0.39, 0.29) is 0 Å². The van der Waals surface area contributed by atoms with Crippen molar-refractivity contribution < 1.29 is 4.42 Å². The van der Waals surface area contributed by atoms with Gasteiger partial charge in [0.2, 0.25) is 0 Å². The maximum absolute atomic E-state index is 9.71. The zero-order valence-electron chi connectivity index (χ0n) is 22.7. The van der Waals surface area contributed by atoms with Crippen LogP contribution in [0.25, 0.3) is 76.9 Å². The van der Waals surface area contributed by atoms with Crippen molar-refractivity contribution in [1.29, 1.82) is 10.5 Å². The Kier molecular flexibility index (Phi) is 4.68. The Labute approximate surface area is 245 Å². The Morgan fingerprint density at radius 1 is 0.465 bits per heavy atom. The molecular weight excluding hydrogens is 528 g/mol. The summed E-state index contributed by atoms with van der Waals surface area (Å²) in [5, 5.41) is 25.6. The number of benzene rings is 6. The molecule has 0 atom stereocenters. The molecule has 0 unspecified atom stereocenters. The molecule has 0 amide bonds. The van der Waals surface area contributed by atoms with E-state index in [1.807, 2.05) is 66.7 Å². The number of nitrogens with zero attached hydrogens (tertiary/aromatic N) is 4. The van der Waals surface area contributed by atoms with Crippen molar-refractivity contribution in [2.75, 3.05) is 0 Å². The van der Waals surface area contributed by atoms with E-state index in [0.29, 0.717) is 11.1 Å². The molecule has 0 spiro atoms. The molecule has 9 aromatic rings. The number of furan rings is 1. The van der Waals surface area contributed by atoms with E-state index in [9.17, 15) is 10.5 Å². The number of para-hydroxylation sites is 2. The number of fused-ring (bicyclic) bond motifs is 10. The van der Waals surface area contributed by atoms with Gasteiger partial charge in [-0.25, -0.2) is 0 Å². The molecule has 5 nitrogen and oxygen atoms in total. The predicted molar refractivity (Wildman–Crippen MR) is 172 cm³/mol. The number of nitriles is 2. The SMILES string of the molecule is N#Cc1ccc2c(c1)c1ccccc1n2-c1cccc(-n2c3ccc(C#N)cc3c3ccc4c5ccccc5oc4c32)c1. The van der Waals surface area contributed by atoms with Crippen LogP contribution < -0.4 is 0 Å². The fraction of sp³-hybridized carbons (Fsp3) is 0. The molecule has 0 radical (unpaired) electrons. The largest absolute Gasteiger partial charge is 0.454 e. The highest BCUT2D eigenvalue weighted by Crippen LogP contribution is 2.41. The molecule has 0 aliphatic rings. The second-order valence-corrected chi connectivity index (χ2v) is 10.8. The first-order valence-electron chi connectivity index (χ1n) is 14.1. The lowest BCUT2D eigenvalue weighted by Crippen LogP contribution is -1.98. The maximum atomic E-state index is 9.71. The molecule has 0 saturated carbocycles. The van der Waals surface area contributed by atoms with Crippen molar-refractivity contribution in [2.45, 2.75) is 0 Å². The van der Waals surface area contributed by atoms with Crippen LogP contribution in [0, 0.1) is 22.7 Å². The number of hydrogen-bond acceptors (Lipinski definition) is 3. The van der Waals surface area contributed by atoms with Gasteiger partial charge in [0.15, 0.2) is 5.58 Å². The molecule has 9 rings (SSSR count). The average molecular weight is 549 g/mol. The van der Waals surface area contributed by atoms with Crippen molar-refractivity contribution in [3.8, 4) is 23.5 Å². The monoisotopic (exact) mass is 548 g/mol. The van der Waals surface area contributed by atoms with Crippen LogP contribution in [-0.4, -0.2) is 9.13 Å². The smallest absolute Gasteiger partial charge is 0.160 e. The van der Waals surface area contributed by atoms with Gasteiger partial charge >= 0.3 is 0 Å². The van der Waals surface area contributed by atoms with Crippen LogP contribution in [0.3, 0.4) is 0 Å². The van der Waals surface area contributed by atoms with Gasteiger partial charge in [0.05, 0.1) is 45.3 Å². The summed E-state index contributed by atoms with van der Waals surface area (Å²) in [6.45, 7) is 0. The first-order valence-corrected chi connectivity index (χ1v) is 14.1. The molecular formula is C38H20N4O. The summed E-state index contributed by atoms with van der Waals surface area (Å²) in [4.78, 5) is 0. The second-order valence-electron chi connectivity index (χ2n) is 10.8. The predicted octanol–water partition coefficient (Wildman–Crippen LogP) is 9.52. The maximum Gasteiger partial charge on any atom is 0.160 e. The summed E-state index contributed by atoms with van der Waals surface area (Å²) in [5.74, 6) is 0. The van der Waals surface area contributed by atoms with Crippen LogP contribution in [0.1, 0.15) is 11.1 Å². The van der Waals surface area contributed by atoms with E-state index < -0.39 is 0 Å². The molecule has 3 aromatic heterocycles. The number of aromatic nitrogens is 2. The van der Waals surface area contributed by atoms with E-state index in [0.717, 1.165) is 76.9 Å². The van der Waals surface area contributed by atoms with Crippen molar-refractivity contribution in [3.63, 3.8) is 0 Å². The van der Waals surface area contributed by atoms with Crippen molar-refractivity contribution in [3.05, 3.63) is 132 Å². The van der Waals surface area contributed by atoms with Gasteiger partial charge in [0.25, 0.3) is 0 Å². The van der Waals surface area contributed by atoms with Crippen LogP contribution >= 0.6 is 0 Å². The summed E-state index contributed by atoms with van der Waals surface area (Å²) in [5.41, 5.74) is 8.99. The summed E-state index contributed by atoms with van der Waals surface area (Å²) < 4.78 is 11.0. The van der Waals surface area contributed by atoms with Crippen LogP contribution in [0.4, 0.5) is 0 Å². The van der Waals surface area contributed by atoms with Gasteiger partial charge in [-0.05, 0) is 72.8 Å². The first-order chi connectivity index (χ1) is 21.2. The highest BCUT2D eigenvalue weighted by atomic mass is 16.3. The molecule has 0 bridgehead atoms. The highest BCUT2D eigenvalue weighted by Gasteiger charge is 2.20. The molecule has 0 aliphatic carbocycles. The molecule has 0 aliphatic heterocycles. The van der Waals surface area contributed by atoms with E-state index in [4.69, 9.17) is 4.42 Å². The Morgan fingerprint density at radius 3 is 1.84 bits per heavy atom. The van der Waals surface area contributed by atoms with Gasteiger partial charge in [-0.3, -0.25) is 0 Å². The third-order valence-corrected chi connectivity index (χ3v) is 8.55. The topological polar surface area (TPSA) is 70.6 Å². The van der Waals surface area contributed by atoms with Crippen molar-refractivity contribution >= 4 is 65.6 Å². The van der Waals surface area contributed by atoms with Crippen molar-refractivity contribution in [1.82, 2.24) is 9.13 Å². The Bertz CT molecular complexity index is 2710. The third-order valence-electron chi connectivity index (χ3n) is 8.55. The number of rotatable bonds is 2. The van der Waals surface area contributed by atoms with Crippen LogP contribution in [0.15, 0.2) is 126 Å². The fourth-order valence-corrected chi connectivity index (χ4v) is 6.71. The van der Waals surface area contributed by atoms with E-state index in [1.54, 1.807) is 0 Å². The van der Waals surface area contributed by atoms with E-state index in [2.05, 4.69) is 75.9 Å². The number of hydrogen-bond donors (Lipinski definition) is 0. The molecule has 3 heterocycles. The van der Waals surface area contributed by atoms with E-state index >= 15 is 0 Å². The highest BCUT2D eigenvalue weighted by molar-refractivity contribution is 6.21. The fourth-order valence-electron chi connectivity index (χ4n) is 6.71. The minimum absolute atomic E-state index is 0.618. The molecule has 5 heteroatoms. The zero-order chi connectivity index (χ0) is 28.7. The quantitative estimate of drug-likeness (QED) is 0.216. The van der Waals surface area contributed by atoms with E-state index in [1.165, 1.54) is 0 Å². The van der Waals surface area contributed by atoms with Gasteiger partial charge in [0.1, 0.15) is 5.58 Å². The van der Waals surface area contributed by atoms with Gasteiger partial charge in [-0.2, -0.15) is 10.5 Å². The lowest BCUT2D eigenvalue weighted by molar-refractivity contribution is 0.671. The lowest BCUT2D eigenvalue weighted by atomic mass is 10.1. The minimum atomic E-state index is 0.618. The molecule has 0 N–H and O–H groups in total. The lowest BCUT2D eigenvalue weighted by Gasteiger charge is -2.13. The molecule has 43 heavy (non-hydrogen) atoms. The summed E-state index contributed by atoms with van der Waals surface area (Å²) in [7, 11) is 0. The van der Waals surface area contributed by atoms with Gasteiger partial charge < -0.3 is 13.6 Å². The van der Waals surface area contributed by atoms with Gasteiger partial charge in [0, 0.05) is 43.7 Å².